The van der Waals surface area contributed by atoms with E-state index in [1.807, 2.05) is 0 Å². The van der Waals surface area contributed by atoms with Crippen LogP contribution >= 0.6 is 0 Å². The fourth-order valence-electron chi connectivity index (χ4n) is 3.62. The maximum atomic E-state index is 6.25. The van der Waals surface area contributed by atoms with Crippen molar-refractivity contribution in [2.75, 3.05) is 27.8 Å². The van der Waals surface area contributed by atoms with Gasteiger partial charge in [0.2, 0.25) is 0 Å². The first-order valence-electron chi connectivity index (χ1n) is 9.67. The molecule has 0 aliphatic heterocycles. The third-order valence-corrected chi connectivity index (χ3v) is 5.02. The van der Waals surface area contributed by atoms with Crippen molar-refractivity contribution in [2.24, 2.45) is 0 Å². The zero-order chi connectivity index (χ0) is 18.8. The lowest BCUT2D eigenvalue weighted by Gasteiger charge is -2.41. The number of benzene rings is 1. The Labute approximate surface area is 158 Å². The summed E-state index contributed by atoms with van der Waals surface area (Å²) in [5.41, 5.74) is 3.15. The maximum absolute atomic E-state index is 6.25. The van der Waals surface area contributed by atoms with Crippen LogP contribution in [0.5, 0.6) is 0 Å². The quantitative estimate of drug-likeness (QED) is 0.317. The fraction of sp³-hybridized carbons (Fsp3) is 0.636. The second kappa shape index (κ2) is 10.8. The number of hydrogen-bond acceptors (Lipinski definition) is 4. The minimum Gasteiger partial charge on any atom is -0.359 e. The van der Waals surface area contributed by atoms with Gasteiger partial charge in [-0.1, -0.05) is 49.6 Å². The van der Waals surface area contributed by atoms with Crippen molar-refractivity contribution >= 4 is 0 Å². The van der Waals surface area contributed by atoms with Crippen molar-refractivity contribution in [3.8, 4) is 0 Å². The van der Waals surface area contributed by atoms with Crippen LogP contribution in [0.2, 0.25) is 0 Å². The first-order chi connectivity index (χ1) is 12.7. The van der Waals surface area contributed by atoms with Crippen molar-refractivity contribution in [1.82, 2.24) is 0 Å². The molecule has 1 aromatic rings. The summed E-state index contributed by atoms with van der Waals surface area (Å²) in [7, 11) is 3.29. The first-order valence-corrected chi connectivity index (χ1v) is 9.67. The zero-order valence-corrected chi connectivity index (χ0v) is 16.8. The van der Waals surface area contributed by atoms with E-state index < -0.39 is 5.60 Å². The second-order valence-corrected chi connectivity index (χ2v) is 7.09. The molecule has 2 unspecified atom stereocenters. The monoisotopic (exact) mass is 362 g/mol. The molecule has 2 rings (SSSR count). The van der Waals surface area contributed by atoms with Gasteiger partial charge in [-0.2, -0.15) is 0 Å². The van der Waals surface area contributed by atoms with E-state index in [2.05, 4.69) is 44.2 Å². The van der Waals surface area contributed by atoms with Gasteiger partial charge in [0, 0.05) is 14.2 Å². The van der Waals surface area contributed by atoms with Crippen LogP contribution in [-0.2, 0) is 31.0 Å². The summed E-state index contributed by atoms with van der Waals surface area (Å²) in [6.07, 6.45) is 8.87. The van der Waals surface area contributed by atoms with Gasteiger partial charge < -0.3 is 18.9 Å². The summed E-state index contributed by atoms with van der Waals surface area (Å²) in [5.74, 6) is 0. The van der Waals surface area contributed by atoms with Crippen LogP contribution in [0.15, 0.2) is 35.9 Å². The predicted molar refractivity (Wildman–Crippen MR) is 104 cm³/mol. The topological polar surface area (TPSA) is 36.9 Å². The number of aryl methyl sites for hydroxylation is 1. The Morgan fingerprint density at radius 2 is 1.77 bits per heavy atom. The highest BCUT2D eigenvalue weighted by atomic mass is 16.7. The van der Waals surface area contributed by atoms with Crippen LogP contribution in [0.3, 0.4) is 0 Å². The molecule has 0 fully saturated rings. The molecule has 0 spiro atoms. The average Bonchev–Trinajstić information content (AvgIpc) is 2.66. The summed E-state index contributed by atoms with van der Waals surface area (Å²) in [5, 5.41) is 0. The fourth-order valence-corrected chi connectivity index (χ4v) is 3.62. The van der Waals surface area contributed by atoms with Crippen LogP contribution in [-0.4, -0.2) is 33.9 Å². The molecule has 1 aliphatic carbocycles. The van der Waals surface area contributed by atoms with E-state index in [9.17, 15) is 0 Å². The Morgan fingerprint density at radius 3 is 2.42 bits per heavy atom. The molecule has 4 nitrogen and oxygen atoms in total. The van der Waals surface area contributed by atoms with E-state index in [1.54, 1.807) is 14.2 Å². The highest BCUT2D eigenvalue weighted by Crippen LogP contribution is 2.41. The van der Waals surface area contributed by atoms with Crippen molar-refractivity contribution in [3.05, 3.63) is 47.0 Å². The number of rotatable bonds is 11. The number of unbranched alkanes of at least 4 members (excludes halogenated alkanes) is 2. The van der Waals surface area contributed by atoms with Crippen molar-refractivity contribution in [1.29, 1.82) is 0 Å². The minimum absolute atomic E-state index is 0.104. The van der Waals surface area contributed by atoms with E-state index in [-0.39, 0.29) is 19.7 Å². The lowest BCUT2D eigenvalue weighted by molar-refractivity contribution is -0.199. The normalized spacial score (nSPS) is 23.1. The molecule has 1 aliphatic rings. The number of hydrogen-bond donors (Lipinski definition) is 0. The molecule has 4 heteroatoms. The Bertz CT molecular complexity index is 552. The van der Waals surface area contributed by atoms with E-state index >= 15 is 0 Å². The average molecular weight is 363 g/mol. The molecule has 0 saturated carbocycles. The standard InChI is InChI=1S/C22H34O4/c1-5-6-7-8-19-10-12-20(13-11-19)22(26-17-24-4)15-18(2)9-14-21(22)25-16-23-3/h10-13,15,21H,5-9,14,16-17H2,1-4H3. The van der Waals surface area contributed by atoms with Crippen molar-refractivity contribution in [3.63, 3.8) is 0 Å². The lowest BCUT2D eigenvalue weighted by Crippen LogP contribution is -2.45. The van der Waals surface area contributed by atoms with E-state index in [0.29, 0.717) is 0 Å². The Kier molecular flexibility index (Phi) is 8.79. The molecule has 0 radical (unpaired) electrons. The van der Waals surface area contributed by atoms with Gasteiger partial charge in [-0.15, -0.1) is 0 Å². The summed E-state index contributed by atoms with van der Waals surface area (Å²) in [6, 6.07) is 8.78. The molecule has 2 atom stereocenters. The molecule has 1 aromatic carbocycles. The van der Waals surface area contributed by atoms with Gasteiger partial charge in [-0.3, -0.25) is 0 Å². The maximum Gasteiger partial charge on any atom is 0.148 e. The van der Waals surface area contributed by atoms with E-state index in [1.165, 1.54) is 30.4 Å². The van der Waals surface area contributed by atoms with Crippen LogP contribution in [0, 0.1) is 0 Å². The molecule has 0 aromatic heterocycles. The zero-order valence-electron chi connectivity index (χ0n) is 16.8. The summed E-state index contributed by atoms with van der Waals surface area (Å²) in [4.78, 5) is 0. The second-order valence-electron chi connectivity index (χ2n) is 7.09. The molecule has 0 heterocycles. The highest BCUT2D eigenvalue weighted by Gasteiger charge is 2.43. The SMILES string of the molecule is CCCCCc1ccc(C2(OCOC)C=C(C)CCC2OCOC)cc1. The summed E-state index contributed by atoms with van der Waals surface area (Å²) >= 11 is 0. The molecular weight excluding hydrogens is 328 g/mol. The molecular formula is C22H34O4. The third kappa shape index (κ3) is 5.40. The third-order valence-electron chi connectivity index (χ3n) is 5.02. The van der Waals surface area contributed by atoms with Gasteiger partial charge in [-0.05, 0) is 49.8 Å². The van der Waals surface area contributed by atoms with Gasteiger partial charge >= 0.3 is 0 Å². The van der Waals surface area contributed by atoms with Gasteiger partial charge in [0.1, 0.15) is 19.2 Å². The molecule has 0 bridgehead atoms. The van der Waals surface area contributed by atoms with Crippen molar-refractivity contribution < 1.29 is 18.9 Å². The summed E-state index contributed by atoms with van der Waals surface area (Å²) < 4.78 is 22.6. The first kappa shape index (κ1) is 21.1. The molecule has 0 saturated heterocycles. The predicted octanol–water partition coefficient (Wildman–Crippen LogP) is 4.96. The van der Waals surface area contributed by atoms with Crippen molar-refractivity contribution in [2.45, 2.75) is 64.1 Å². The largest absolute Gasteiger partial charge is 0.359 e. The Hall–Kier alpha value is -1.20. The molecule has 26 heavy (non-hydrogen) atoms. The Morgan fingerprint density at radius 1 is 1.04 bits per heavy atom. The highest BCUT2D eigenvalue weighted by molar-refractivity contribution is 5.35. The van der Waals surface area contributed by atoms with Gasteiger partial charge in [0.25, 0.3) is 0 Å². The molecule has 146 valence electrons. The minimum atomic E-state index is -0.640. The number of methoxy groups -OCH3 is 2. The van der Waals surface area contributed by atoms with Gasteiger partial charge in [0.05, 0.1) is 6.10 Å². The Balaban J connectivity index is 2.29. The van der Waals surface area contributed by atoms with Gasteiger partial charge in [-0.25, -0.2) is 0 Å². The van der Waals surface area contributed by atoms with Crippen LogP contribution < -0.4 is 0 Å². The van der Waals surface area contributed by atoms with Gasteiger partial charge in [0.15, 0.2) is 0 Å². The summed E-state index contributed by atoms with van der Waals surface area (Å²) in [6.45, 7) is 4.86. The van der Waals surface area contributed by atoms with E-state index in [4.69, 9.17) is 18.9 Å². The van der Waals surface area contributed by atoms with Crippen LogP contribution in [0.4, 0.5) is 0 Å². The number of allylic oxidation sites excluding steroid dienone is 1. The molecule has 0 amide bonds. The molecule has 0 N–H and O–H groups in total. The van der Waals surface area contributed by atoms with E-state index in [0.717, 1.165) is 24.8 Å². The lowest BCUT2D eigenvalue weighted by atomic mass is 9.79. The smallest absolute Gasteiger partial charge is 0.148 e. The number of ether oxygens (including phenoxy) is 4. The van der Waals surface area contributed by atoms with Crippen LogP contribution in [0.1, 0.15) is 57.1 Å². The van der Waals surface area contributed by atoms with Crippen LogP contribution in [0.25, 0.3) is 0 Å².